The molecule has 0 bridgehead atoms. The van der Waals surface area contributed by atoms with E-state index in [1.807, 2.05) is 56.3 Å². The van der Waals surface area contributed by atoms with Crippen LogP contribution in [0, 0.1) is 5.92 Å². The van der Waals surface area contributed by atoms with E-state index in [9.17, 15) is 9.59 Å². The van der Waals surface area contributed by atoms with Crippen molar-refractivity contribution >= 4 is 28.4 Å². The fraction of sp³-hybridized carbons (Fsp3) is 0.333. The number of carbonyl (C=O) groups is 2. The molecule has 1 aliphatic rings. The van der Waals surface area contributed by atoms with Crippen LogP contribution in [0.5, 0.6) is 0 Å². The Morgan fingerprint density at radius 2 is 1.83 bits per heavy atom. The maximum Gasteiger partial charge on any atom is 0.272 e. The highest BCUT2D eigenvalue weighted by molar-refractivity contribution is 6.02. The van der Waals surface area contributed by atoms with Crippen molar-refractivity contribution in [1.82, 2.24) is 14.9 Å². The van der Waals surface area contributed by atoms with Crippen LogP contribution in [0.3, 0.4) is 0 Å². The summed E-state index contributed by atoms with van der Waals surface area (Å²) in [5, 5.41) is 2.15. The van der Waals surface area contributed by atoms with Gasteiger partial charge in [-0.2, -0.15) is 0 Å². The van der Waals surface area contributed by atoms with Gasteiger partial charge in [-0.05, 0) is 41.7 Å². The highest BCUT2D eigenvalue weighted by Gasteiger charge is 2.30. The van der Waals surface area contributed by atoms with Crippen molar-refractivity contribution in [2.24, 2.45) is 5.92 Å². The van der Waals surface area contributed by atoms with Gasteiger partial charge >= 0.3 is 0 Å². The zero-order valence-corrected chi connectivity index (χ0v) is 17.3. The van der Waals surface area contributed by atoms with Crippen LogP contribution in [0.2, 0.25) is 0 Å². The fourth-order valence-electron chi connectivity index (χ4n) is 4.01. The third kappa shape index (κ3) is 4.03. The van der Waals surface area contributed by atoms with Crippen LogP contribution in [-0.2, 0) is 0 Å². The quantitative estimate of drug-likeness (QED) is 0.665. The van der Waals surface area contributed by atoms with Gasteiger partial charge < -0.3 is 10.6 Å². The molecule has 0 saturated carbocycles. The second kappa shape index (κ2) is 8.22. The molecule has 1 aliphatic heterocycles. The Morgan fingerprint density at radius 1 is 1.07 bits per heavy atom. The number of hydrogen-bond donors (Lipinski definition) is 1. The first-order chi connectivity index (χ1) is 14.4. The zero-order valence-electron chi connectivity index (χ0n) is 17.3. The number of aromatic nitrogens is 2. The lowest BCUT2D eigenvalue weighted by atomic mass is 9.89. The Labute approximate surface area is 176 Å². The summed E-state index contributed by atoms with van der Waals surface area (Å²) >= 11 is 0. The lowest BCUT2D eigenvalue weighted by molar-refractivity contribution is 0.0632. The second-order valence-electron chi connectivity index (χ2n) is 8.21. The number of nitrogens with zero attached hydrogens (tertiary/aromatic N) is 3. The van der Waals surface area contributed by atoms with E-state index >= 15 is 0 Å². The summed E-state index contributed by atoms with van der Waals surface area (Å²) in [4.78, 5) is 36.3. The molecule has 6 nitrogen and oxygen atoms in total. The van der Waals surface area contributed by atoms with Crippen molar-refractivity contribution in [3.05, 3.63) is 65.5 Å². The number of Topliss-reactive ketones (excluding diaryl/α,β-unsaturated/α-hetero) is 1. The molecule has 1 amide bonds. The molecule has 4 rings (SSSR count). The van der Waals surface area contributed by atoms with Gasteiger partial charge in [-0.3, -0.25) is 9.59 Å². The summed E-state index contributed by atoms with van der Waals surface area (Å²) in [6.07, 6.45) is 1.56. The third-order valence-corrected chi connectivity index (χ3v) is 5.69. The van der Waals surface area contributed by atoms with Gasteiger partial charge in [0.15, 0.2) is 5.78 Å². The number of piperidine rings is 1. The van der Waals surface area contributed by atoms with E-state index in [-0.39, 0.29) is 29.5 Å². The number of nitrogens with two attached hydrogens (primary N) is 1. The minimum atomic E-state index is -0.215. The number of likely N-dealkylation sites (tertiary alicyclic amines) is 1. The van der Waals surface area contributed by atoms with Gasteiger partial charge in [0, 0.05) is 30.3 Å². The first-order valence-electron chi connectivity index (χ1n) is 10.4. The van der Waals surface area contributed by atoms with E-state index in [1.165, 1.54) is 0 Å². The Bertz CT molecular complexity index is 1110. The molecule has 2 aromatic carbocycles. The van der Waals surface area contributed by atoms with Crippen LogP contribution in [0.4, 0.5) is 5.95 Å². The molecule has 0 aliphatic carbocycles. The average molecular weight is 402 g/mol. The standard InChI is InChI=1S/C24H26N4O2/c1-15(2)20-13-21(27-24(25)26-20)23(30)28-11-5-8-19(14-28)22(29)18-10-9-16-6-3-4-7-17(16)12-18/h3-4,6-7,9-10,12-13,15,19H,5,8,11,14H2,1-2H3,(H2,25,26,27)/t19-/m0/s1. The van der Waals surface area contributed by atoms with Gasteiger partial charge in [-0.15, -0.1) is 0 Å². The van der Waals surface area contributed by atoms with Crippen LogP contribution in [0.25, 0.3) is 10.8 Å². The first kappa shape index (κ1) is 20.0. The topological polar surface area (TPSA) is 89.2 Å². The lowest BCUT2D eigenvalue weighted by Crippen LogP contribution is -2.42. The smallest absolute Gasteiger partial charge is 0.272 e. The minimum absolute atomic E-state index is 0.0864. The monoisotopic (exact) mass is 402 g/mol. The van der Waals surface area contributed by atoms with Crippen molar-refractivity contribution in [3.63, 3.8) is 0 Å². The molecule has 1 atom stereocenters. The summed E-state index contributed by atoms with van der Waals surface area (Å²) in [7, 11) is 0. The van der Waals surface area contributed by atoms with E-state index in [1.54, 1.807) is 11.0 Å². The molecule has 0 unspecified atom stereocenters. The van der Waals surface area contributed by atoms with Crippen LogP contribution >= 0.6 is 0 Å². The molecule has 1 fully saturated rings. The Balaban J connectivity index is 1.53. The van der Waals surface area contributed by atoms with Gasteiger partial charge in [0.25, 0.3) is 5.91 Å². The van der Waals surface area contributed by atoms with Gasteiger partial charge in [0.2, 0.25) is 5.95 Å². The van der Waals surface area contributed by atoms with E-state index in [0.717, 1.165) is 29.3 Å². The van der Waals surface area contributed by atoms with Gasteiger partial charge in [0.1, 0.15) is 5.69 Å². The lowest BCUT2D eigenvalue weighted by Gasteiger charge is -2.32. The summed E-state index contributed by atoms with van der Waals surface area (Å²) < 4.78 is 0. The SMILES string of the molecule is CC(C)c1cc(C(=O)N2CCC[C@H](C(=O)c3ccc4ccccc4c3)C2)nc(N)n1. The van der Waals surface area contributed by atoms with E-state index in [0.29, 0.717) is 24.3 Å². The maximum atomic E-state index is 13.2. The van der Waals surface area contributed by atoms with Crippen molar-refractivity contribution < 1.29 is 9.59 Å². The first-order valence-corrected chi connectivity index (χ1v) is 10.4. The summed E-state index contributed by atoms with van der Waals surface area (Å²) in [5.41, 5.74) is 7.55. The Hall–Kier alpha value is -3.28. The molecule has 1 aromatic heterocycles. The van der Waals surface area contributed by atoms with Crippen molar-refractivity contribution in [1.29, 1.82) is 0 Å². The van der Waals surface area contributed by atoms with Crippen molar-refractivity contribution in [2.75, 3.05) is 18.8 Å². The van der Waals surface area contributed by atoms with Crippen molar-refractivity contribution in [2.45, 2.75) is 32.6 Å². The number of amides is 1. The number of benzene rings is 2. The number of rotatable bonds is 4. The number of carbonyl (C=O) groups excluding carboxylic acids is 2. The Morgan fingerprint density at radius 3 is 2.60 bits per heavy atom. The number of ketones is 1. The molecular formula is C24H26N4O2. The van der Waals surface area contributed by atoms with E-state index in [2.05, 4.69) is 9.97 Å². The highest BCUT2D eigenvalue weighted by atomic mass is 16.2. The summed E-state index contributed by atoms with van der Waals surface area (Å²) in [6, 6.07) is 15.5. The largest absolute Gasteiger partial charge is 0.368 e. The van der Waals surface area contributed by atoms with Crippen LogP contribution in [-0.4, -0.2) is 39.6 Å². The van der Waals surface area contributed by atoms with Gasteiger partial charge in [-0.1, -0.05) is 50.2 Å². The number of nitrogen functional groups attached to an aromatic ring is 1. The predicted molar refractivity (Wildman–Crippen MR) is 117 cm³/mol. The van der Waals surface area contributed by atoms with E-state index in [4.69, 9.17) is 5.73 Å². The van der Waals surface area contributed by atoms with Gasteiger partial charge in [-0.25, -0.2) is 9.97 Å². The average Bonchev–Trinajstić information content (AvgIpc) is 2.77. The molecule has 2 heterocycles. The molecule has 1 saturated heterocycles. The number of fused-ring (bicyclic) bond motifs is 1. The molecule has 154 valence electrons. The molecular weight excluding hydrogens is 376 g/mol. The minimum Gasteiger partial charge on any atom is -0.368 e. The number of hydrogen-bond acceptors (Lipinski definition) is 5. The van der Waals surface area contributed by atoms with Crippen molar-refractivity contribution in [3.8, 4) is 0 Å². The highest BCUT2D eigenvalue weighted by Crippen LogP contribution is 2.25. The molecule has 30 heavy (non-hydrogen) atoms. The molecule has 2 N–H and O–H groups in total. The normalized spacial score (nSPS) is 16.8. The Kier molecular flexibility index (Phi) is 5.48. The third-order valence-electron chi connectivity index (χ3n) is 5.69. The maximum absolute atomic E-state index is 13.2. The van der Waals surface area contributed by atoms with Crippen LogP contribution < -0.4 is 5.73 Å². The molecule has 3 aromatic rings. The van der Waals surface area contributed by atoms with Crippen LogP contribution in [0.15, 0.2) is 48.5 Å². The number of anilines is 1. The zero-order chi connectivity index (χ0) is 21.3. The fourth-order valence-corrected chi connectivity index (χ4v) is 4.01. The summed E-state index contributed by atoms with van der Waals surface area (Å²) in [5.74, 6) is -0.0752. The van der Waals surface area contributed by atoms with E-state index < -0.39 is 0 Å². The molecule has 6 heteroatoms. The molecule has 0 spiro atoms. The second-order valence-corrected chi connectivity index (χ2v) is 8.21. The predicted octanol–water partition coefficient (Wildman–Crippen LogP) is 4.07. The molecule has 0 radical (unpaired) electrons. The summed E-state index contributed by atoms with van der Waals surface area (Å²) in [6.45, 7) is 5.00. The van der Waals surface area contributed by atoms with Gasteiger partial charge in [0.05, 0.1) is 0 Å². The van der Waals surface area contributed by atoms with Crippen LogP contribution in [0.1, 0.15) is 59.1 Å².